The Morgan fingerprint density at radius 3 is 1.40 bits per heavy atom. The first kappa shape index (κ1) is 17.0. The Kier molecular flexibility index (Phi) is 8.86. The molecule has 0 amide bonds. The number of halogens is 1. The molecule has 9 heteroatoms. The van der Waals surface area contributed by atoms with Crippen LogP contribution in [0.1, 0.15) is 12.8 Å². The van der Waals surface area contributed by atoms with E-state index in [1.807, 2.05) is 0 Å². The second-order valence-electron chi connectivity index (χ2n) is 2.48. The SMILES string of the molecule is O=C(O)CC(O)(CC(=O)O)C(=O)O.[Cl][PbH]. The Labute approximate surface area is 104 Å². The minimum atomic E-state index is -2.74. The molecule has 0 aliphatic heterocycles. The van der Waals surface area contributed by atoms with Crippen molar-refractivity contribution in [3.8, 4) is 0 Å². The van der Waals surface area contributed by atoms with Gasteiger partial charge in [-0.3, -0.25) is 9.59 Å². The molecule has 86 valence electrons. The third-order valence-corrected chi connectivity index (χ3v) is 1.29. The van der Waals surface area contributed by atoms with Crippen molar-refractivity contribution in [3.63, 3.8) is 0 Å². The van der Waals surface area contributed by atoms with Gasteiger partial charge in [0.15, 0.2) is 5.60 Å². The molecule has 15 heavy (non-hydrogen) atoms. The molecule has 0 bridgehead atoms. The number of aliphatic hydroxyl groups is 1. The fourth-order valence-electron chi connectivity index (χ4n) is 0.714. The molecule has 0 aliphatic carbocycles. The van der Waals surface area contributed by atoms with Crippen LogP contribution in [0.15, 0.2) is 0 Å². The third kappa shape index (κ3) is 7.50. The maximum atomic E-state index is 10.3. The number of aliphatic carboxylic acids is 3. The first-order chi connectivity index (χ1) is 6.78. The van der Waals surface area contributed by atoms with Crippen LogP contribution < -0.4 is 0 Å². The molecule has 0 aromatic heterocycles. The van der Waals surface area contributed by atoms with Gasteiger partial charge in [-0.1, -0.05) is 0 Å². The van der Waals surface area contributed by atoms with Gasteiger partial charge in [0.25, 0.3) is 0 Å². The number of hydrogen-bond acceptors (Lipinski definition) is 4. The summed E-state index contributed by atoms with van der Waals surface area (Å²) < 4.78 is 0. The molecule has 0 aliphatic rings. The number of carboxylic acids is 3. The van der Waals surface area contributed by atoms with Crippen molar-refractivity contribution < 1.29 is 34.8 Å². The average Bonchev–Trinajstić information content (AvgIpc) is 2.04. The zero-order valence-corrected chi connectivity index (χ0v) is 12.6. The van der Waals surface area contributed by atoms with Gasteiger partial charge in [-0.05, 0) is 0 Å². The summed E-state index contributed by atoms with van der Waals surface area (Å²) >= 11 is 0.639. The van der Waals surface area contributed by atoms with Gasteiger partial charge < -0.3 is 20.4 Å². The van der Waals surface area contributed by atoms with E-state index in [1.54, 1.807) is 0 Å². The fourth-order valence-corrected chi connectivity index (χ4v) is 0.714. The van der Waals surface area contributed by atoms with E-state index in [4.69, 9.17) is 28.7 Å². The van der Waals surface area contributed by atoms with Crippen LogP contribution in [0, 0.1) is 0 Å². The molecule has 0 heterocycles. The van der Waals surface area contributed by atoms with E-state index in [0.29, 0.717) is 24.5 Å². The van der Waals surface area contributed by atoms with Crippen LogP contribution in [-0.2, 0) is 14.4 Å². The van der Waals surface area contributed by atoms with E-state index in [9.17, 15) is 14.4 Å². The summed E-state index contributed by atoms with van der Waals surface area (Å²) in [6.45, 7) is 0. The van der Waals surface area contributed by atoms with Gasteiger partial charge in [0.1, 0.15) is 0 Å². The molecule has 7 nitrogen and oxygen atoms in total. The average molecular weight is 436 g/mol. The summed E-state index contributed by atoms with van der Waals surface area (Å²) in [6.07, 6.45) is -2.29. The van der Waals surface area contributed by atoms with Gasteiger partial charge in [0, 0.05) is 0 Å². The van der Waals surface area contributed by atoms with Crippen LogP contribution in [0.2, 0.25) is 0 Å². The predicted octanol–water partition coefficient (Wildman–Crippen LogP) is -1.21. The molecule has 4 N–H and O–H groups in total. The molecule has 0 saturated heterocycles. The molecule has 0 aromatic rings. The molecular weight excluding hydrogens is 427 g/mol. The van der Waals surface area contributed by atoms with Crippen molar-refractivity contribution in [1.82, 2.24) is 0 Å². The van der Waals surface area contributed by atoms with Gasteiger partial charge in [-0.15, -0.1) is 0 Å². The topological polar surface area (TPSA) is 132 Å². The van der Waals surface area contributed by atoms with Crippen molar-refractivity contribution in [2.45, 2.75) is 18.4 Å². The summed E-state index contributed by atoms with van der Waals surface area (Å²) in [5.41, 5.74) is -2.74. The molecule has 0 spiro atoms. The first-order valence-electron chi connectivity index (χ1n) is 3.39. The second-order valence-corrected chi connectivity index (χ2v) is 2.48. The van der Waals surface area contributed by atoms with Crippen LogP contribution in [0.25, 0.3) is 0 Å². The zero-order valence-electron chi connectivity index (χ0n) is 7.38. The summed E-state index contributed by atoms with van der Waals surface area (Å²) in [5.74, 6) is -5.02. The summed E-state index contributed by atoms with van der Waals surface area (Å²) in [4.78, 5) is 30.5. The maximum absolute atomic E-state index is 10.3. The van der Waals surface area contributed by atoms with Gasteiger partial charge in [0.05, 0.1) is 12.8 Å². The van der Waals surface area contributed by atoms with Gasteiger partial charge >= 0.3 is 50.8 Å². The molecule has 0 atom stereocenters. The molecular formula is C6H9ClO7Pb. The fraction of sp³-hybridized carbons (Fsp3) is 0.500. The first-order valence-corrected chi connectivity index (χ1v) is 8.92. The van der Waals surface area contributed by atoms with E-state index < -0.39 is 36.4 Å². The van der Waals surface area contributed by atoms with Crippen LogP contribution in [-0.4, -0.2) is 68.5 Å². The Balaban J connectivity index is 0. The number of rotatable bonds is 5. The standard InChI is InChI=1S/C6H8O7.ClH.Pb.H/c7-3(8)1-6(13,5(11)12)2-4(9)10;;;/h13H,1-2H2,(H,7,8)(H,9,10)(H,11,12);1H;;/q;;+1;/p-1. The Hall–Kier alpha value is -0.418. The summed E-state index contributed by atoms with van der Waals surface area (Å²) in [7, 11) is 4.81. The summed E-state index contributed by atoms with van der Waals surface area (Å²) in [5, 5.41) is 33.8. The number of hydrogen-bond donors (Lipinski definition) is 4. The minimum absolute atomic E-state index is 0.639. The van der Waals surface area contributed by atoms with Crippen molar-refractivity contribution in [3.05, 3.63) is 0 Å². The van der Waals surface area contributed by atoms with Crippen molar-refractivity contribution in [2.24, 2.45) is 0 Å². The summed E-state index contributed by atoms with van der Waals surface area (Å²) in [6, 6.07) is 0. The van der Waals surface area contributed by atoms with Gasteiger partial charge in [-0.2, -0.15) is 0 Å². The van der Waals surface area contributed by atoms with Gasteiger partial charge in [-0.25, -0.2) is 4.79 Å². The Bertz CT molecular complexity index is 238. The quantitative estimate of drug-likeness (QED) is 0.398. The van der Waals surface area contributed by atoms with Crippen LogP contribution >= 0.6 is 8.32 Å². The van der Waals surface area contributed by atoms with Crippen molar-refractivity contribution in [2.75, 3.05) is 0 Å². The van der Waals surface area contributed by atoms with Crippen molar-refractivity contribution in [1.29, 1.82) is 0 Å². The molecule has 0 unspecified atom stereocenters. The van der Waals surface area contributed by atoms with Gasteiger partial charge in [0.2, 0.25) is 0 Å². The number of carbonyl (C=O) groups is 3. The van der Waals surface area contributed by atoms with Crippen LogP contribution in [0.4, 0.5) is 0 Å². The molecule has 0 fully saturated rings. The van der Waals surface area contributed by atoms with Crippen molar-refractivity contribution >= 4 is 50.8 Å². The van der Waals surface area contributed by atoms with Crippen LogP contribution in [0.3, 0.4) is 0 Å². The second kappa shape index (κ2) is 7.82. The molecule has 0 rings (SSSR count). The predicted molar refractivity (Wildman–Crippen MR) is 50.1 cm³/mol. The molecule has 0 aromatic carbocycles. The van der Waals surface area contributed by atoms with E-state index >= 15 is 0 Å². The Morgan fingerprint density at radius 2 is 1.27 bits per heavy atom. The monoisotopic (exact) mass is 436 g/mol. The molecule has 0 saturated carbocycles. The van der Waals surface area contributed by atoms with E-state index in [0.717, 1.165) is 0 Å². The Morgan fingerprint density at radius 1 is 1.00 bits per heavy atom. The number of carboxylic acid groups (broad SMARTS) is 3. The van der Waals surface area contributed by atoms with E-state index in [-0.39, 0.29) is 0 Å². The zero-order chi connectivity index (χ0) is 12.6. The third-order valence-electron chi connectivity index (χ3n) is 1.29. The van der Waals surface area contributed by atoms with Crippen LogP contribution in [0.5, 0.6) is 0 Å². The normalized spacial score (nSPS) is 9.80. The van der Waals surface area contributed by atoms with E-state index in [2.05, 4.69) is 0 Å². The molecule has 2 radical (unpaired) electrons. The van der Waals surface area contributed by atoms with E-state index in [1.165, 1.54) is 0 Å².